The van der Waals surface area contributed by atoms with E-state index in [1.807, 2.05) is 40.7 Å². The average molecular weight is 463 g/mol. The van der Waals surface area contributed by atoms with E-state index in [-0.39, 0.29) is 23.2 Å². The van der Waals surface area contributed by atoms with Crippen LogP contribution in [0.1, 0.15) is 72.3 Å². The Morgan fingerprint density at radius 2 is 1.94 bits per heavy atom. The van der Waals surface area contributed by atoms with Gasteiger partial charge in [-0.15, -0.1) is 0 Å². The van der Waals surface area contributed by atoms with Crippen LogP contribution < -0.4 is 10.9 Å². The highest BCUT2D eigenvalue weighted by Crippen LogP contribution is 2.30. The number of nitrogens with one attached hydrogen (secondary N) is 1. The number of amides is 1. The molecule has 1 aliphatic carbocycles. The van der Waals surface area contributed by atoms with Gasteiger partial charge in [0.2, 0.25) is 5.91 Å². The summed E-state index contributed by atoms with van der Waals surface area (Å²) in [5, 5.41) is 3.61. The number of allylic oxidation sites excluding steroid dienone is 4. The van der Waals surface area contributed by atoms with E-state index in [4.69, 9.17) is 4.99 Å². The highest BCUT2D eigenvalue weighted by molar-refractivity contribution is 6.24. The quantitative estimate of drug-likeness (QED) is 0.409. The number of pyridine rings is 2. The number of anilines is 1. The Morgan fingerprint density at radius 3 is 2.53 bits per heavy atom. The van der Waals surface area contributed by atoms with Crippen molar-refractivity contribution in [3.8, 4) is 0 Å². The molecule has 3 rings (SSSR count). The fourth-order valence-corrected chi connectivity index (χ4v) is 3.90. The van der Waals surface area contributed by atoms with E-state index in [1.54, 1.807) is 29.9 Å². The van der Waals surface area contributed by atoms with Crippen molar-refractivity contribution in [2.24, 2.45) is 18.0 Å². The number of fused-ring (bicyclic) bond motifs is 1. The maximum atomic E-state index is 13.3. The Morgan fingerprint density at radius 1 is 1.24 bits per heavy atom. The van der Waals surface area contributed by atoms with E-state index >= 15 is 0 Å². The second kappa shape index (κ2) is 10.7. The van der Waals surface area contributed by atoms with E-state index in [9.17, 15) is 14.4 Å². The van der Waals surface area contributed by atoms with Gasteiger partial charge in [-0.05, 0) is 58.1 Å². The van der Waals surface area contributed by atoms with Crippen LogP contribution in [0, 0.1) is 5.92 Å². The molecule has 34 heavy (non-hydrogen) atoms. The first-order valence-electron chi connectivity index (χ1n) is 12.0. The lowest BCUT2D eigenvalue weighted by atomic mass is 10.0. The molecule has 0 spiro atoms. The molecule has 7 nitrogen and oxygen atoms in total. The summed E-state index contributed by atoms with van der Waals surface area (Å²) in [5.41, 5.74) is 3.71. The second-order valence-electron chi connectivity index (χ2n) is 8.87. The fraction of sp³-hybridized carbons (Fsp3) is 0.444. The summed E-state index contributed by atoms with van der Waals surface area (Å²) in [5.74, 6) is 0.506. The number of nitrogens with zero attached hydrogens (tertiary/aromatic N) is 3. The zero-order chi connectivity index (χ0) is 25.0. The van der Waals surface area contributed by atoms with Crippen molar-refractivity contribution in [3.63, 3.8) is 0 Å². The van der Waals surface area contributed by atoms with Gasteiger partial charge in [0.05, 0.1) is 5.52 Å². The summed E-state index contributed by atoms with van der Waals surface area (Å²) in [6.45, 7) is 9.59. The Labute approximate surface area is 200 Å². The Bertz CT molecular complexity index is 1280. The molecule has 7 heteroatoms. The van der Waals surface area contributed by atoms with Crippen LogP contribution in [0.2, 0.25) is 0 Å². The molecule has 1 amide bonds. The number of Topliss-reactive ketones (excluding diaryl/α,β-unsaturated/α-hetero) is 1. The van der Waals surface area contributed by atoms with Crippen molar-refractivity contribution >= 4 is 39.7 Å². The number of hydrogen-bond acceptors (Lipinski definition) is 5. The van der Waals surface area contributed by atoms with Crippen LogP contribution in [-0.2, 0) is 16.6 Å². The third kappa shape index (κ3) is 5.41. The molecule has 0 atom stereocenters. The summed E-state index contributed by atoms with van der Waals surface area (Å²) < 4.78 is 1.56. The third-order valence-electron chi connectivity index (χ3n) is 6.23. The molecule has 0 aromatic carbocycles. The number of rotatable bonds is 9. The van der Waals surface area contributed by atoms with Crippen LogP contribution >= 0.6 is 0 Å². The zero-order valence-electron chi connectivity index (χ0n) is 21.0. The molecule has 2 aromatic rings. The molecule has 0 bridgehead atoms. The van der Waals surface area contributed by atoms with Gasteiger partial charge < -0.3 is 9.88 Å². The summed E-state index contributed by atoms with van der Waals surface area (Å²) >= 11 is 0. The summed E-state index contributed by atoms with van der Waals surface area (Å²) in [6.07, 6.45) is 7.26. The van der Waals surface area contributed by atoms with Crippen LogP contribution in [0.3, 0.4) is 0 Å². The number of aryl methyl sites for hydroxylation is 1. The molecule has 180 valence electrons. The summed E-state index contributed by atoms with van der Waals surface area (Å²) in [6, 6.07) is 3.53. The van der Waals surface area contributed by atoms with Gasteiger partial charge in [0.25, 0.3) is 5.56 Å². The standard InChI is InChI=1S/C27H34N4O3/c1-7-10-23(32)25(16(4)8-2)29-17(5)20(9-3)21-13-19-15-28-24(30-26(33)18-11-12-18)14-22(19)31(6)27(21)34/h9,13-15,18H,7-8,10-12H2,1-6H3,(H,28,30,33)/b20-9+,25-16+,29-17+. The molecular weight excluding hydrogens is 428 g/mol. The van der Waals surface area contributed by atoms with Crippen molar-refractivity contribution < 1.29 is 9.59 Å². The molecule has 0 saturated heterocycles. The van der Waals surface area contributed by atoms with Gasteiger partial charge in [0.15, 0.2) is 5.78 Å². The maximum absolute atomic E-state index is 13.3. The minimum Gasteiger partial charge on any atom is -0.311 e. The van der Waals surface area contributed by atoms with E-state index in [1.165, 1.54) is 0 Å². The van der Waals surface area contributed by atoms with Crippen LogP contribution in [-0.4, -0.2) is 27.0 Å². The van der Waals surface area contributed by atoms with Crippen LogP contribution in [0.15, 0.2) is 45.5 Å². The summed E-state index contributed by atoms with van der Waals surface area (Å²) in [4.78, 5) is 47.2. The first-order chi connectivity index (χ1) is 16.2. The Hall–Kier alpha value is -3.35. The molecule has 0 unspecified atom stereocenters. The molecule has 2 aromatic heterocycles. The largest absolute Gasteiger partial charge is 0.311 e. The second-order valence-corrected chi connectivity index (χ2v) is 8.87. The van der Waals surface area contributed by atoms with Gasteiger partial charge in [-0.2, -0.15) is 0 Å². The fourth-order valence-electron chi connectivity index (χ4n) is 3.90. The molecule has 1 N–H and O–H groups in total. The summed E-state index contributed by atoms with van der Waals surface area (Å²) in [7, 11) is 1.71. The first-order valence-corrected chi connectivity index (χ1v) is 12.0. The minimum absolute atomic E-state index is 0.0213. The van der Waals surface area contributed by atoms with Crippen molar-refractivity contribution in [1.29, 1.82) is 0 Å². The lowest BCUT2D eigenvalue weighted by Crippen LogP contribution is -2.23. The molecule has 0 aliphatic heterocycles. The molecule has 1 fully saturated rings. The number of aromatic nitrogens is 2. The average Bonchev–Trinajstić information content (AvgIpc) is 3.66. The third-order valence-corrected chi connectivity index (χ3v) is 6.23. The van der Waals surface area contributed by atoms with Gasteiger partial charge in [0, 0.05) is 53.9 Å². The van der Waals surface area contributed by atoms with E-state index in [0.29, 0.717) is 40.3 Å². The SMILES string of the molecule is C\C=C(/C(C)=N/C(C(=O)CCC)=C(\C)CC)c1cc2cnc(NC(=O)C3CC3)cc2n(C)c1=O. The van der Waals surface area contributed by atoms with E-state index in [2.05, 4.69) is 10.3 Å². The van der Waals surface area contributed by atoms with Gasteiger partial charge in [-0.1, -0.05) is 19.9 Å². The molecular formula is C27H34N4O3. The highest BCUT2D eigenvalue weighted by Gasteiger charge is 2.29. The molecule has 1 aliphatic rings. The number of hydrogen-bond donors (Lipinski definition) is 1. The minimum atomic E-state index is -0.182. The number of carbonyl (C=O) groups is 2. The smallest absolute Gasteiger partial charge is 0.258 e. The molecule has 0 radical (unpaired) electrons. The Balaban J connectivity index is 2.04. The normalized spacial score (nSPS) is 15.4. The van der Waals surface area contributed by atoms with Crippen LogP contribution in [0.25, 0.3) is 16.5 Å². The predicted molar refractivity (Wildman–Crippen MR) is 138 cm³/mol. The van der Waals surface area contributed by atoms with Crippen LogP contribution in [0.5, 0.6) is 0 Å². The van der Waals surface area contributed by atoms with Gasteiger partial charge >= 0.3 is 0 Å². The first kappa shape index (κ1) is 25.3. The monoisotopic (exact) mass is 462 g/mol. The van der Waals surface area contributed by atoms with Crippen molar-refractivity contribution in [3.05, 3.63) is 51.6 Å². The molecule has 2 heterocycles. The lowest BCUT2D eigenvalue weighted by Gasteiger charge is -2.14. The predicted octanol–water partition coefficient (Wildman–Crippen LogP) is 5.20. The van der Waals surface area contributed by atoms with Crippen molar-refractivity contribution in [2.75, 3.05) is 5.32 Å². The zero-order valence-corrected chi connectivity index (χ0v) is 21.0. The number of aliphatic imine (C=N–C) groups is 1. The van der Waals surface area contributed by atoms with Crippen LogP contribution in [0.4, 0.5) is 5.82 Å². The van der Waals surface area contributed by atoms with E-state index < -0.39 is 0 Å². The van der Waals surface area contributed by atoms with Crippen molar-refractivity contribution in [2.45, 2.75) is 66.7 Å². The Kier molecular flexibility index (Phi) is 7.97. The molecule has 1 saturated carbocycles. The maximum Gasteiger partial charge on any atom is 0.258 e. The number of ketones is 1. The van der Waals surface area contributed by atoms with Gasteiger partial charge in [-0.3, -0.25) is 14.4 Å². The van der Waals surface area contributed by atoms with E-state index in [0.717, 1.165) is 36.6 Å². The van der Waals surface area contributed by atoms with Crippen molar-refractivity contribution in [1.82, 2.24) is 9.55 Å². The highest BCUT2D eigenvalue weighted by atomic mass is 16.2. The lowest BCUT2D eigenvalue weighted by molar-refractivity contribution is -0.117. The number of carbonyl (C=O) groups excluding carboxylic acids is 2. The topological polar surface area (TPSA) is 93.4 Å². The van der Waals surface area contributed by atoms with Gasteiger partial charge in [-0.25, -0.2) is 9.98 Å². The van der Waals surface area contributed by atoms with Gasteiger partial charge in [0.1, 0.15) is 11.5 Å².